The van der Waals surface area contributed by atoms with E-state index in [1.807, 2.05) is 48.5 Å². The monoisotopic (exact) mass is 605 g/mol. The van der Waals surface area contributed by atoms with Crippen LogP contribution in [0.1, 0.15) is 11.1 Å². The molecule has 6 nitrogen and oxygen atoms in total. The molecule has 4 aromatic carbocycles. The summed E-state index contributed by atoms with van der Waals surface area (Å²) in [5, 5.41) is 5.01. The lowest BCUT2D eigenvalue weighted by Crippen LogP contribution is -2.20. The predicted molar refractivity (Wildman–Crippen MR) is 151 cm³/mol. The maximum Gasteiger partial charge on any atom is 0.282 e. The highest BCUT2D eigenvalue weighted by atomic mass is 127. The van der Waals surface area contributed by atoms with E-state index in [4.69, 9.17) is 14.5 Å². The van der Waals surface area contributed by atoms with Crippen LogP contribution < -0.4 is 15.0 Å². The molecule has 5 rings (SSSR count). The van der Waals surface area contributed by atoms with Gasteiger partial charge in [-0.05, 0) is 70.1 Å². The summed E-state index contributed by atoms with van der Waals surface area (Å²) in [6.07, 6.45) is 1.59. The number of nitrogens with zero attached hydrogens (tertiary/aromatic N) is 3. The Hall–Kier alpha value is -4.05. The number of fused-ring (bicyclic) bond motifs is 1. The molecule has 0 atom stereocenters. The molecule has 0 radical (unpaired) electrons. The second-order valence-electron chi connectivity index (χ2n) is 8.13. The van der Waals surface area contributed by atoms with Crippen LogP contribution in [0, 0.1) is 9.39 Å². The molecule has 0 aliphatic heterocycles. The molecule has 0 amide bonds. The Bertz CT molecular complexity index is 1670. The van der Waals surface area contributed by atoms with Crippen LogP contribution in [0.3, 0.4) is 0 Å². The smallest absolute Gasteiger partial charge is 0.282 e. The highest BCUT2D eigenvalue weighted by Crippen LogP contribution is 2.34. The summed E-state index contributed by atoms with van der Waals surface area (Å²) < 4.78 is 27.1. The third-order valence-corrected chi connectivity index (χ3v) is 6.43. The summed E-state index contributed by atoms with van der Waals surface area (Å²) in [7, 11) is 1.55. The number of hydrogen-bond acceptors (Lipinski definition) is 5. The van der Waals surface area contributed by atoms with Crippen LogP contribution in [0.25, 0.3) is 22.3 Å². The van der Waals surface area contributed by atoms with E-state index >= 15 is 0 Å². The van der Waals surface area contributed by atoms with E-state index in [9.17, 15) is 9.18 Å². The molecule has 0 spiro atoms. The number of ether oxygens (including phenoxy) is 2. The standard InChI is InChI=1S/C29H21FIN3O3/c1-36-26-16-20(15-24(31)27(26)37-18-19-8-7-11-22(30)14-19)17-32-34-28(21-9-3-2-4-10-21)33-25-13-6-5-12-23(25)29(34)35/h2-17H,18H2,1H3. The third kappa shape index (κ3) is 5.39. The number of methoxy groups -OCH3 is 1. The largest absolute Gasteiger partial charge is 0.493 e. The number of hydrogen-bond donors (Lipinski definition) is 0. The van der Waals surface area contributed by atoms with Gasteiger partial charge in [0.1, 0.15) is 12.4 Å². The van der Waals surface area contributed by atoms with Gasteiger partial charge in [-0.2, -0.15) is 9.78 Å². The highest BCUT2D eigenvalue weighted by molar-refractivity contribution is 14.1. The summed E-state index contributed by atoms with van der Waals surface area (Å²) in [6, 6.07) is 26.6. The molecule has 0 N–H and O–H groups in total. The van der Waals surface area contributed by atoms with Crippen molar-refractivity contribution < 1.29 is 13.9 Å². The Morgan fingerprint density at radius 1 is 1.00 bits per heavy atom. The molecular formula is C29H21FIN3O3. The normalized spacial score (nSPS) is 11.2. The molecule has 184 valence electrons. The highest BCUT2D eigenvalue weighted by Gasteiger charge is 2.14. The van der Waals surface area contributed by atoms with E-state index in [-0.39, 0.29) is 18.0 Å². The number of halogens is 2. The summed E-state index contributed by atoms with van der Waals surface area (Å²) in [6.45, 7) is 0.191. The Morgan fingerprint density at radius 2 is 1.78 bits per heavy atom. The van der Waals surface area contributed by atoms with Gasteiger partial charge in [0.05, 0.1) is 27.8 Å². The molecule has 0 aliphatic rings. The first-order chi connectivity index (χ1) is 18.0. The lowest BCUT2D eigenvalue weighted by atomic mass is 10.2. The number of aromatic nitrogens is 2. The van der Waals surface area contributed by atoms with Crippen molar-refractivity contribution in [3.8, 4) is 22.9 Å². The van der Waals surface area contributed by atoms with E-state index in [2.05, 4.69) is 27.7 Å². The molecule has 0 saturated heterocycles. The Kier molecular flexibility index (Phi) is 7.27. The topological polar surface area (TPSA) is 65.7 Å². The Labute approximate surface area is 226 Å². The van der Waals surface area contributed by atoms with Crippen molar-refractivity contribution in [2.24, 2.45) is 5.10 Å². The average Bonchev–Trinajstić information content (AvgIpc) is 2.92. The van der Waals surface area contributed by atoms with Crippen molar-refractivity contribution in [1.82, 2.24) is 9.66 Å². The van der Waals surface area contributed by atoms with E-state index in [0.29, 0.717) is 39.4 Å². The minimum Gasteiger partial charge on any atom is -0.493 e. The Morgan fingerprint density at radius 3 is 2.57 bits per heavy atom. The molecule has 37 heavy (non-hydrogen) atoms. The molecule has 0 aliphatic carbocycles. The van der Waals surface area contributed by atoms with Crippen LogP contribution in [-0.4, -0.2) is 23.0 Å². The molecule has 0 saturated carbocycles. The van der Waals surface area contributed by atoms with E-state index < -0.39 is 0 Å². The number of para-hydroxylation sites is 1. The molecule has 1 aromatic heterocycles. The van der Waals surface area contributed by atoms with E-state index in [1.54, 1.807) is 43.7 Å². The fourth-order valence-electron chi connectivity index (χ4n) is 3.87. The van der Waals surface area contributed by atoms with Crippen molar-refractivity contribution in [3.63, 3.8) is 0 Å². The van der Waals surface area contributed by atoms with Crippen LogP contribution in [-0.2, 0) is 6.61 Å². The van der Waals surface area contributed by atoms with Crippen LogP contribution in [0.5, 0.6) is 11.5 Å². The fraction of sp³-hybridized carbons (Fsp3) is 0.0690. The lowest BCUT2D eigenvalue weighted by molar-refractivity contribution is 0.282. The van der Waals surface area contributed by atoms with E-state index in [1.165, 1.54) is 16.8 Å². The summed E-state index contributed by atoms with van der Waals surface area (Å²) in [5.74, 6) is 1.16. The van der Waals surface area contributed by atoms with Crippen molar-refractivity contribution in [2.75, 3.05) is 7.11 Å². The zero-order valence-electron chi connectivity index (χ0n) is 19.8. The first-order valence-corrected chi connectivity index (χ1v) is 12.5. The quantitative estimate of drug-likeness (QED) is 0.162. The zero-order valence-corrected chi connectivity index (χ0v) is 21.9. The molecule has 1 heterocycles. The average molecular weight is 605 g/mol. The lowest BCUT2D eigenvalue weighted by Gasteiger charge is -2.14. The molecule has 5 aromatic rings. The van der Waals surface area contributed by atoms with Gasteiger partial charge in [-0.15, -0.1) is 0 Å². The minimum atomic E-state index is -0.317. The fourth-order valence-corrected chi connectivity index (χ4v) is 4.65. The van der Waals surface area contributed by atoms with Crippen molar-refractivity contribution in [1.29, 1.82) is 0 Å². The van der Waals surface area contributed by atoms with Gasteiger partial charge >= 0.3 is 0 Å². The molecule has 0 fully saturated rings. The van der Waals surface area contributed by atoms with E-state index in [0.717, 1.165) is 9.13 Å². The van der Waals surface area contributed by atoms with Crippen LogP contribution >= 0.6 is 22.6 Å². The van der Waals surface area contributed by atoms with Gasteiger partial charge in [0, 0.05) is 5.56 Å². The first kappa shape index (κ1) is 24.6. The van der Waals surface area contributed by atoms with Gasteiger partial charge in [0.15, 0.2) is 17.3 Å². The Balaban J connectivity index is 1.52. The molecule has 8 heteroatoms. The third-order valence-electron chi connectivity index (χ3n) is 5.63. The van der Waals surface area contributed by atoms with Gasteiger partial charge in [-0.1, -0.05) is 54.6 Å². The van der Waals surface area contributed by atoms with Crippen LogP contribution in [0.2, 0.25) is 0 Å². The second-order valence-corrected chi connectivity index (χ2v) is 9.30. The van der Waals surface area contributed by atoms with Crippen molar-refractivity contribution >= 4 is 39.7 Å². The number of benzene rings is 4. The molecule has 0 bridgehead atoms. The predicted octanol–water partition coefficient (Wildman–Crippen LogP) is 6.28. The van der Waals surface area contributed by atoms with Gasteiger partial charge in [0.2, 0.25) is 0 Å². The minimum absolute atomic E-state index is 0.191. The first-order valence-electron chi connectivity index (χ1n) is 11.4. The summed E-state index contributed by atoms with van der Waals surface area (Å²) in [5.41, 5.74) is 2.53. The van der Waals surface area contributed by atoms with Gasteiger partial charge < -0.3 is 9.47 Å². The molecule has 0 unspecified atom stereocenters. The zero-order chi connectivity index (χ0) is 25.8. The summed E-state index contributed by atoms with van der Waals surface area (Å²) in [4.78, 5) is 18.1. The SMILES string of the molecule is COc1cc(C=Nn2c(-c3ccccc3)nc3ccccc3c2=O)cc(I)c1OCc1cccc(F)c1. The van der Waals surface area contributed by atoms with Crippen LogP contribution in [0.15, 0.2) is 101 Å². The second kappa shape index (κ2) is 10.9. The maximum absolute atomic E-state index is 13.5. The van der Waals surface area contributed by atoms with Crippen molar-refractivity contribution in [2.45, 2.75) is 6.61 Å². The number of rotatable bonds is 7. The van der Waals surface area contributed by atoms with Crippen LogP contribution in [0.4, 0.5) is 4.39 Å². The van der Waals surface area contributed by atoms with Crippen molar-refractivity contribution in [3.05, 3.63) is 122 Å². The molecular weight excluding hydrogens is 584 g/mol. The van der Waals surface area contributed by atoms with Gasteiger partial charge in [-0.3, -0.25) is 4.79 Å². The van der Waals surface area contributed by atoms with Gasteiger partial charge in [-0.25, -0.2) is 9.37 Å². The summed E-state index contributed by atoms with van der Waals surface area (Å²) >= 11 is 2.15. The van der Waals surface area contributed by atoms with Gasteiger partial charge in [0.25, 0.3) is 5.56 Å². The maximum atomic E-state index is 13.5.